The number of hydrogen-bond acceptors (Lipinski definition) is 3. The van der Waals surface area contributed by atoms with E-state index in [0.29, 0.717) is 16.5 Å². The van der Waals surface area contributed by atoms with Crippen LogP contribution >= 0.6 is 27.5 Å². The van der Waals surface area contributed by atoms with Gasteiger partial charge >= 0.3 is 0 Å². The molecule has 0 radical (unpaired) electrons. The van der Waals surface area contributed by atoms with E-state index in [0.717, 1.165) is 10.0 Å². The number of H-pyrrole nitrogens is 1. The quantitative estimate of drug-likeness (QED) is 0.893. The van der Waals surface area contributed by atoms with Gasteiger partial charge in [-0.1, -0.05) is 11.6 Å². The van der Waals surface area contributed by atoms with Gasteiger partial charge in [0.1, 0.15) is 5.82 Å². The van der Waals surface area contributed by atoms with Gasteiger partial charge in [-0.2, -0.15) is 0 Å². The second kappa shape index (κ2) is 5.00. The van der Waals surface area contributed by atoms with Crippen LogP contribution in [0.3, 0.4) is 0 Å². The Balaban J connectivity index is 2.55. The van der Waals surface area contributed by atoms with Crippen LogP contribution in [-0.2, 0) is 6.54 Å². The molecule has 0 aliphatic carbocycles. The molecule has 1 aromatic carbocycles. The first kappa shape index (κ1) is 12.3. The van der Waals surface area contributed by atoms with Gasteiger partial charge in [-0.3, -0.25) is 4.79 Å². The number of benzene rings is 1. The van der Waals surface area contributed by atoms with Gasteiger partial charge in [0.2, 0.25) is 0 Å². The molecule has 0 saturated heterocycles. The van der Waals surface area contributed by atoms with E-state index in [-0.39, 0.29) is 12.1 Å². The SMILES string of the molecule is NCc1cc(=O)[nH]c(-c2ccc(Cl)c(Br)c2)n1. The summed E-state index contributed by atoms with van der Waals surface area (Å²) in [7, 11) is 0. The summed E-state index contributed by atoms with van der Waals surface area (Å²) in [5.74, 6) is 0.482. The first-order valence-electron chi connectivity index (χ1n) is 4.86. The van der Waals surface area contributed by atoms with Crippen LogP contribution in [-0.4, -0.2) is 9.97 Å². The Morgan fingerprint density at radius 3 is 2.82 bits per heavy atom. The zero-order valence-corrected chi connectivity index (χ0v) is 11.0. The van der Waals surface area contributed by atoms with Gasteiger partial charge in [-0.05, 0) is 34.1 Å². The molecule has 0 fully saturated rings. The van der Waals surface area contributed by atoms with Crippen molar-refractivity contribution in [2.24, 2.45) is 5.73 Å². The molecule has 0 spiro atoms. The van der Waals surface area contributed by atoms with Crippen molar-refractivity contribution in [3.05, 3.63) is 49.8 Å². The summed E-state index contributed by atoms with van der Waals surface area (Å²) >= 11 is 9.22. The van der Waals surface area contributed by atoms with E-state index < -0.39 is 0 Å². The Morgan fingerprint density at radius 2 is 2.18 bits per heavy atom. The second-order valence-corrected chi connectivity index (χ2v) is 4.68. The summed E-state index contributed by atoms with van der Waals surface area (Å²) < 4.78 is 0.748. The maximum Gasteiger partial charge on any atom is 0.251 e. The molecule has 1 aromatic heterocycles. The molecular weight excluding hydrogens is 305 g/mol. The van der Waals surface area contributed by atoms with Crippen LogP contribution in [0.25, 0.3) is 11.4 Å². The summed E-state index contributed by atoms with van der Waals surface area (Å²) in [6.45, 7) is 0.228. The lowest BCUT2D eigenvalue weighted by molar-refractivity contribution is 0.956. The van der Waals surface area contributed by atoms with Gasteiger partial charge in [0.25, 0.3) is 5.56 Å². The van der Waals surface area contributed by atoms with Crippen molar-refractivity contribution >= 4 is 27.5 Å². The Bertz CT molecular complexity index is 612. The lowest BCUT2D eigenvalue weighted by Gasteiger charge is -2.04. The molecule has 6 heteroatoms. The minimum atomic E-state index is -0.221. The van der Waals surface area contributed by atoms with Crippen LogP contribution in [0.15, 0.2) is 33.5 Å². The van der Waals surface area contributed by atoms with Gasteiger partial charge in [0, 0.05) is 22.6 Å². The molecule has 2 rings (SSSR count). The van der Waals surface area contributed by atoms with Crippen LogP contribution in [0.2, 0.25) is 5.02 Å². The highest BCUT2D eigenvalue weighted by atomic mass is 79.9. The maximum absolute atomic E-state index is 11.4. The molecule has 0 aliphatic heterocycles. The van der Waals surface area contributed by atoms with Gasteiger partial charge < -0.3 is 10.7 Å². The number of nitrogens with one attached hydrogen (secondary N) is 1. The molecule has 88 valence electrons. The summed E-state index contributed by atoms with van der Waals surface area (Å²) in [6, 6.07) is 6.69. The Labute approximate surface area is 111 Å². The Morgan fingerprint density at radius 1 is 1.41 bits per heavy atom. The Hall–Kier alpha value is -1.17. The summed E-state index contributed by atoms with van der Waals surface area (Å²) in [5.41, 5.74) is 6.58. The fourth-order valence-corrected chi connectivity index (χ4v) is 1.89. The van der Waals surface area contributed by atoms with Crippen LogP contribution in [0.4, 0.5) is 0 Å². The number of hydrogen-bond donors (Lipinski definition) is 2. The summed E-state index contributed by atoms with van der Waals surface area (Å²) in [6.07, 6.45) is 0. The average molecular weight is 315 g/mol. The Kier molecular flexibility index (Phi) is 3.61. The van der Waals surface area contributed by atoms with Crippen molar-refractivity contribution in [3.8, 4) is 11.4 Å². The zero-order valence-electron chi connectivity index (χ0n) is 8.71. The fraction of sp³-hybridized carbons (Fsp3) is 0.0909. The molecule has 0 atom stereocenters. The highest BCUT2D eigenvalue weighted by Crippen LogP contribution is 2.26. The lowest BCUT2D eigenvalue weighted by atomic mass is 10.2. The summed E-state index contributed by atoms with van der Waals surface area (Å²) in [5, 5.41) is 0.603. The third-order valence-corrected chi connectivity index (χ3v) is 3.41. The zero-order chi connectivity index (χ0) is 12.4. The normalized spacial score (nSPS) is 10.5. The molecule has 0 saturated carbocycles. The lowest BCUT2D eigenvalue weighted by Crippen LogP contribution is -2.12. The highest BCUT2D eigenvalue weighted by Gasteiger charge is 2.05. The van der Waals surface area contributed by atoms with Gasteiger partial charge in [-0.15, -0.1) is 0 Å². The van der Waals surface area contributed by atoms with E-state index in [2.05, 4.69) is 25.9 Å². The highest BCUT2D eigenvalue weighted by molar-refractivity contribution is 9.10. The molecule has 4 nitrogen and oxygen atoms in total. The molecule has 3 N–H and O–H groups in total. The van der Waals surface area contributed by atoms with Gasteiger partial charge in [0.15, 0.2) is 0 Å². The predicted molar refractivity (Wildman–Crippen MR) is 70.9 cm³/mol. The van der Waals surface area contributed by atoms with Crippen molar-refractivity contribution < 1.29 is 0 Å². The number of nitrogens with two attached hydrogens (primary N) is 1. The van der Waals surface area contributed by atoms with E-state index in [1.165, 1.54) is 6.07 Å². The van der Waals surface area contributed by atoms with E-state index in [9.17, 15) is 4.79 Å². The van der Waals surface area contributed by atoms with Crippen LogP contribution in [0.1, 0.15) is 5.69 Å². The molecule has 0 aliphatic rings. The number of rotatable bonds is 2. The van der Waals surface area contributed by atoms with Crippen molar-refractivity contribution in [3.63, 3.8) is 0 Å². The first-order chi connectivity index (χ1) is 8.10. The number of aromatic nitrogens is 2. The number of nitrogens with zero attached hydrogens (tertiary/aromatic N) is 1. The predicted octanol–water partition coefficient (Wildman–Crippen LogP) is 2.31. The topological polar surface area (TPSA) is 71.8 Å². The van der Waals surface area contributed by atoms with Crippen LogP contribution in [0.5, 0.6) is 0 Å². The third kappa shape index (κ3) is 2.74. The van der Waals surface area contributed by atoms with Crippen molar-refractivity contribution in [2.45, 2.75) is 6.54 Å². The monoisotopic (exact) mass is 313 g/mol. The number of halogens is 2. The molecular formula is C11H9BrClN3O. The second-order valence-electron chi connectivity index (χ2n) is 3.42. The van der Waals surface area contributed by atoms with E-state index in [4.69, 9.17) is 17.3 Å². The molecule has 0 bridgehead atoms. The smallest absolute Gasteiger partial charge is 0.251 e. The van der Waals surface area contributed by atoms with Gasteiger partial charge in [0.05, 0.1) is 10.7 Å². The first-order valence-corrected chi connectivity index (χ1v) is 6.03. The van der Waals surface area contributed by atoms with Crippen molar-refractivity contribution in [1.82, 2.24) is 9.97 Å². The molecule has 2 aromatic rings. The largest absolute Gasteiger partial charge is 0.325 e. The van der Waals surface area contributed by atoms with Crippen LogP contribution in [0, 0.1) is 0 Å². The maximum atomic E-state index is 11.4. The minimum Gasteiger partial charge on any atom is -0.325 e. The van der Waals surface area contributed by atoms with Crippen LogP contribution < -0.4 is 11.3 Å². The minimum absolute atomic E-state index is 0.221. The van der Waals surface area contributed by atoms with E-state index >= 15 is 0 Å². The standard InChI is InChI=1S/C11H9BrClN3O/c12-8-3-6(1-2-9(8)13)11-15-7(5-14)4-10(17)16-11/h1-4H,5,14H2,(H,15,16,17). The molecule has 1 heterocycles. The van der Waals surface area contributed by atoms with Crippen molar-refractivity contribution in [2.75, 3.05) is 0 Å². The third-order valence-electron chi connectivity index (χ3n) is 2.20. The average Bonchev–Trinajstić information content (AvgIpc) is 2.32. The van der Waals surface area contributed by atoms with Crippen molar-refractivity contribution in [1.29, 1.82) is 0 Å². The fourth-order valence-electron chi connectivity index (χ4n) is 1.39. The summed E-state index contributed by atoms with van der Waals surface area (Å²) in [4.78, 5) is 18.3. The molecule has 0 unspecified atom stereocenters. The van der Waals surface area contributed by atoms with E-state index in [1.807, 2.05) is 0 Å². The molecule has 0 amide bonds. The number of aromatic amines is 1. The van der Waals surface area contributed by atoms with Gasteiger partial charge in [-0.25, -0.2) is 4.98 Å². The molecule has 17 heavy (non-hydrogen) atoms. The van der Waals surface area contributed by atoms with E-state index in [1.54, 1.807) is 18.2 Å².